The monoisotopic (exact) mass is 504 g/mol. The summed E-state index contributed by atoms with van der Waals surface area (Å²) in [4.78, 5) is 18.2. The molecule has 6 heteroatoms. The van der Waals surface area contributed by atoms with Gasteiger partial charge in [-0.1, -0.05) is 48.8 Å². The number of aryl methyl sites for hydroxylation is 3. The zero-order chi connectivity index (χ0) is 24.1. The quantitative estimate of drug-likeness (QED) is 0.304. The molecule has 2 heterocycles. The summed E-state index contributed by atoms with van der Waals surface area (Å²) in [6.07, 6.45) is 1.77. The maximum Gasteiger partial charge on any atom is 0.282 e. The highest BCUT2D eigenvalue weighted by Crippen LogP contribution is 2.25. The highest BCUT2D eigenvalue weighted by molar-refractivity contribution is 9.10. The van der Waals surface area contributed by atoms with Crippen molar-refractivity contribution in [3.8, 4) is 5.69 Å². The molecule has 0 saturated heterocycles. The summed E-state index contributed by atoms with van der Waals surface area (Å²) in [5.41, 5.74) is 6.89. The van der Waals surface area contributed by atoms with Gasteiger partial charge in [0, 0.05) is 32.5 Å². The van der Waals surface area contributed by atoms with Crippen LogP contribution in [-0.4, -0.2) is 20.4 Å². The Morgan fingerprint density at radius 2 is 1.73 bits per heavy atom. The van der Waals surface area contributed by atoms with Crippen LogP contribution in [0.5, 0.6) is 0 Å². The number of rotatable bonds is 3. The molecule has 4 aromatic rings. The molecule has 0 N–H and O–H groups in total. The minimum absolute atomic E-state index is 0.175. The van der Waals surface area contributed by atoms with Gasteiger partial charge in [-0.3, -0.25) is 4.79 Å². The Hall–Kier alpha value is -2.99. The average molecular weight is 505 g/mol. The molecule has 0 saturated carbocycles. The van der Waals surface area contributed by atoms with Crippen LogP contribution >= 0.6 is 15.9 Å². The molecule has 0 bridgehead atoms. The first-order chi connectivity index (χ1) is 15.5. The SMILES string of the molecule is Cc1ccc(C)c(-n2c(C)cc(C=Nn3c(C(C)(C)C)nc4ccc(Br)cc4c3=O)c2C)c1. The molecule has 0 spiro atoms. The average Bonchev–Trinajstić information content (AvgIpc) is 3.01. The maximum absolute atomic E-state index is 13.4. The lowest BCUT2D eigenvalue weighted by Crippen LogP contribution is -2.29. The van der Waals surface area contributed by atoms with E-state index in [0.29, 0.717) is 16.7 Å². The van der Waals surface area contributed by atoms with E-state index in [1.165, 1.54) is 15.8 Å². The molecule has 2 aromatic heterocycles. The summed E-state index contributed by atoms with van der Waals surface area (Å²) in [7, 11) is 0. The second-order valence-corrected chi connectivity index (χ2v) is 10.6. The van der Waals surface area contributed by atoms with Crippen molar-refractivity contribution in [3.05, 3.63) is 91.2 Å². The van der Waals surface area contributed by atoms with Gasteiger partial charge in [-0.2, -0.15) is 9.78 Å². The third-order valence-electron chi connectivity index (χ3n) is 5.87. The number of aromatic nitrogens is 3. The molecule has 4 rings (SSSR count). The zero-order valence-electron chi connectivity index (χ0n) is 20.2. The van der Waals surface area contributed by atoms with Crippen molar-refractivity contribution in [1.29, 1.82) is 0 Å². The predicted molar refractivity (Wildman–Crippen MR) is 140 cm³/mol. The molecule has 0 aliphatic heterocycles. The van der Waals surface area contributed by atoms with Gasteiger partial charge in [0.15, 0.2) is 0 Å². The Morgan fingerprint density at radius 1 is 1.00 bits per heavy atom. The topological polar surface area (TPSA) is 52.2 Å². The van der Waals surface area contributed by atoms with Gasteiger partial charge in [0.05, 0.1) is 17.1 Å². The number of nitrogens with zero attached hydrogens (tertiary/aromatic N) is 4. The van der Waals surface area contributed by atoms with E-state index >= 15 is 0 Å². The van der Waals surface area contributed by atoms with Gasteiger partial charge in [-0.25, -0.2) is 4.98 Å². The second kappa shape index (κ2) is 8.41. The van der Waals surface area contributed by atoms with Crippen LogP contribution in [0.2, 0.25) is 0 Å². The first-order valence-corrected chi connectivity index (χ1v) is 11.8. The van der Waals surface area contributed by atoms with Gasteiger partial charge in [-0.05, 0) is 69.2 Å². The summed E-state index contributed by atoms with van der Waals surface area (Å²) in [5.74, 6) is 0.627. The van der Waals surface area contributed by atoms with Crippen molar-refractivity contribution in [2.24, 2.45) is 5.10 Å². The number of fused-ring (bicyclic) bond motifs is 1. The molecule has 170 valence electrons. The van der Waals surface area contributed by atoms with E-state index in [9.17, 15) is 4.79 Å². The van der Waals surface area contributed by atoms with E-state index in [0.717, 1.165) is 27.1 Å². The van der Waals surface area contributed by atoms with E-state index in [-0.39, 0.29) is 11.0 Å². The molecule has 0 radical (unpaired) electrons. The molecular formula is C27H29BrN4O. The maximum atomic E-state index is 13.4. The molecule has 0 atom stereocenters. The number of benzene rings is 2. The molecular weight excluding hydrogens is 476 g/mol. The summed E-state index contributed by atoms with van der Waals surface area (Å²) < 4.78 is 4.52. The third kappa shape index (κ3) is 4.32. The number of hydrogen-bond donors (Lipinski definition) is 0. The Balaban J connectivity index is 1.88. The fraction of sp³-hybridized carbons (Fsp3) is 0.296. The second-order valence-electron chi connectivity index (χ2n) is 9.66. The van der Waals surface area contributed by atoms with Crippen LogP contribution < -0.4 is 5.56 Å². The summed E-state index contributed by atoms with van der Waals surface area (Å²) in [6.45, 7) is 14.5. The summed E-state index contributed by atoms with van der Waals surface area (Å²) >= 11 is 3.46. The number of halogens is 1. The Bertz CT molecular complexity index is 1470. The normalized spacial score (nSPS) is 12.2. The summed E-state index contributed by atoms with van der Waals surface area (Å²) in [5, 5.41) is 5.20. The van der Waals surface area contributed by atoms with Gasteiger partial charge in [0.2, 0.25) is 0 Å². The van der Waals surface area contributed by atoms with Crippen LogP contribution in [0.15, 0.2) is 56.8 Å². The molecule has 2 aromatic carbocycles. The number of hydrogen-bond acceptors (Lipinski definition) is 3. The third-order valence-corrected chi connectivity index (χ3v) is 6.36. The van der Waals surface area contributed by atoms with Crippen molar-refractivity contribution < 1.29 is 0 Å². The molecule has 5 nitrogen and oxygen atoms in total. The Labute approximate surface area is 202 Å². The van der Waals surface area contributed by atoms with Crippen LogP contribution in [0.25, 0.3) is 16.6 Å². The minimum atomic E-state index is -0.354. The Morgan fingerprint density at radius 3 is 2.42 bits per heavy atom. The fourth-order valence-electron chi connectivity index (χ4n) is 4.11. The molecule has 0 amide bonds. The van der Waals surface area contributed by atoms with Gasteiger partial charge in [-0.15, -0.1) is 0 Å². The van der Waals surface area contributed by atoms with Crippen molar-refractivity contribution in [1.82, 2.24) is 14.2 Å². The Kier molecular flexibility index (Phi) is 5.91. The largest absolute Gasteiger partial charge is 0.318 e. The molecule has 0 unspecified atom stereocenters. The van der Waals surface area contributed by atoms with E-state index in [1.54, 1.807) is 12.3 Å². The predicted octanol–water partition coefficient (Wildman–Crippen LogP) is 6.36. The van der Waals surface area contributed by atoms with Gasteiger partial charge < -0.3 is 4.57 Å². The van der Waals surface area contributed by atoms with E-state index < -0.39 is 0 Å². The van der Waals surface area contributed by atoms with E-state index in [1.807, 2.05) is 32.9 Å². The standard InChI is InChI=1S/C27H29BrN4O/c1-16-8-9-17(2)24(12-16)31-18(3)13-20(19(31)4)15-29-32-25(33)22-14-21(28)10-11-23(22)30-26(32)27(5,6)7/h8-15H,1-7H3. The molecule has 0 aliphatic carbocycles. The van der Waals surface area contributed by atoms with Crippen LogP contribution in [-0.2, 0) is 5.41 Å². The van der Waals surface area contributed by atoms with Gasteiger partial charge in [0.25, 0.3) is 5.56 Å². The van der Waals surface area contributed by atoms with Gasteiger partial charge in [0.1, 0.15) is 5.82 Å². The fourth-order valence-corrected chi connectivity index (χ4v) is 4.47. The van der Waals surface area contributed by atoms with Crippen LogP contribution in [0.4, 0.5) is 0 Å². The van der Waals surface area contributed by atoms with Crippen molar-refractivity contribution in [3.63, 3.8) is 0 Å². The highest BCUT2D eigenvalue weighted by atomic mass is 79.9. The lowest BCUT2D eigenvalue weighted by molar-refractivity contribution is 0.506. The van der Waals surface area contributed by atoms with E-state index in [2.05, 4.69) is 77.6 Å². The smallest absolute Gasteiger partial charge is 0.282 e. The summed E-state index contributed by atoms with van der Waals surface area (Å²) in [6, 6.07) is 14.1. The van der Waals surface area contributed by atoms with Crippen molar-refractivity contribution in [2.75, 3.05) is 0 Å². The lowest BCUT2D eigenvalue weighted by Gasteiger charge is -2.20. The molecule has 33 heavy (non-hydrogen) atoms. The first kappa shape index (κ1) is 23.2. The van der Waals surface area contributed by atoms with Crippen molar-refractivity contribution in [2.45, 2.75) is 53.9 Å². The first-order valence-electron chi connectivity index (χ1n) is 11.0. The lowest BCUT2D eigenvalue weighted by atomic mass is 9.95. The van der Waals surface area contributed by atoms with Crippen LogP contribution in [0, 0.1) is 27.7 Å². The molecule has 0 fully saturated rings. The molecule has 0 aliphatic rings. The van der Waals surface area contributed by atoms with E-state index in [4.69, 9.17) is 4.98 Å². The highest BCUT2D eigenvalue weighted by Gasteiger charge is 2.23. The van der Waals surface area contributed by atoms with Gasteiger partial charge >= 0.3 is 0 Å². The van der Waals surface area contributed by atoms with Crippen LogP contribution in [0.1, 0.15) is 54.7 Å². The minimum Gasteiger partial charge on any atom is -0.318 e. The van der Waals surface area contributed by atoms with Crippen LogP contribution in [0.3, 0.4) is 0 Å². The zero-order valence-corrected chi connectivity index (χ0v) is 21.8. The van der Waals surface area contributed by atoms with Crippen molar-refractivity contribution >= 4 is 33.0 Å².